The van der Waals surface area contributed by atoms with E-state index in [1.54, 1.807) is 23.5 Å². The second kappa shape index (κ2) is 19.4. The molecule has 66 heavy (non-hydrogen) atoms. The van der Waals surface area contributed by atoms with Crippen LogP contribution in [0.2, 0.25) is 0 Å². The third-order valence-electron chi connectivity index (χ3n) is 14.5. The van der Waals surface area contributed by atoms with Gasteiger partial charge < -0.3 is 39.8 Å². The van der Waals surface area contributed by atoms with Crippen LogP contribution in [0.4, 0.5) is 11.5 Å². The number of rotatable bonds is 15. The highest BCUT2D eigenvalue weighted by Crippen LogP contribution is 2.39. The van der Waals surface area contributed by atoms with E-state index >= 15 is 0 Å². The van der Waals surface area contributed by atoms with E-state index in [1.165, 1.54) is 0 Å². The van der Waals surface area contributed by atoms with Gasteiger partial charge in [-0.25, -0.2) is 4.98 Å². The number of aldehydes is 1. The number of hydrogen-bond acceptors (Lipinski definition) is 16. The number of hydrogen-bond donors (Lipinski definition) is 4. The number of aromatic nitrogens is 4. The molecule has 0 aliphatic carbocycles. The van der Waals surface area contributed by atoms with Gasteiger partial charge in [0.1, 0.15) is 24.1 Å². The highest BCUT2D eigenvalue weighted by Gasteiger charge is 2.47. The van der Waals surface area contributed by atoms with Gasteiger partial charge in [-0.2, -0.15) is 0 Å². The van der Waals surface area contributed by atoms with Gasteiger partial charge in [-0.1, -0.05) is 50.2 Å². The number of phenols is 1. The van der Waals surface area contributed by atoms with E-state index in [2.05, 4.69) is 70.8 Å². The Kier molecular flexibility index (Phi) is 13.4. The number of piperazine rings is 1. The molecule has 0 saturated carbocycles. The van der Waals surface area contributed by atoms with Gasteiger partial charge in [-0.05, 0) is 93.5 Å². The molecular weight excluding hydrogens is 857 g/mol. The largest absolute Gasteiger partial charge is 0.507 e. The number of fused-ring (bicyclic) bond motifs is 3. The molecule has 17 heteroatoms. The molecule has 5 aromatic rings. The molecule has 4 aliphatic heterocycles. The Balaban J connectivity index is 0.760. The number of carbonyl (C=O) groups is 2. The fourth-order valence-corrected chi connectivity index (χ4v) is 11.2. The van der Waals surface area contributed by atoms with Gasteiger partial charge in [-0.3, -0.25) is 19.5 Å². The molecule has 3 saturated heterocycles. The van der Waals surface area contributed by atoms with Crippen molar-refractivity contribution in [2.75, 3.05) is 69.2 Å². The van der Waals surface area contributed by atoms with Crippen molar-refractivity contribution in [2.24, 2.45) is 5.92 Å². The van der Waals surface area contributed by atoms with Crippen LogP contribution in [0.5, 0.6) is 11.6 Å². The van der Waals surface area contributed by atoms with Crippen molar-refractivity contribution < 1.29 is 29.1 Å². The number of anilines is 2. The molecule has 1 amide bonds. The first kappa shape index (κ1) is 45.7. The molecule has 7 heterocycles. The Bertz CT molecular complexity index is 2470. The van der Waals surface area contributed by atoms with Crippen LogP contribution in [-0.2, 0) is 15.0 Å². The maximum absolute atomic E-state index is 13.8. The second-order valence-corrected chi connectivity index (χ2v) is 19.7. The Hall–Kier alpha value is -5.46. The van der Waals surface area contributed by atoms with E-state index in [1.807, 2.05) is 68.4 Å². The normalized spacial score (nSPS) is 23.2. The number of thiazole rings is 1. The summed E-state index contributed by atoms with van der Waals surface area (Å²) in [7, 11) is 0. The summed E-state index contributed by atoms with van der Waals surface area (Å²) in [5.74, 6) is 1.28. The number of aliphatic hydroxyl groups is 1. The highest BCUT2D eigenvalue weighted by molar-refractivity contribution is 7.13. The number of benzene rings is 2. The van der Waals surface area contributed by atoms with Crippen LogP contribution in [0.1, 0.15) is 70.0 Å². The minimum absolute atomic E-state index is 0.179. The van der Waals surface area contributed by atoms with Crippen molar-refractivity contribution in [1.29, 1.82) is 0 Å². The monoisotopic (exact) mass is 918 g/mol. The number of β-amino-alcohol motifs (C(OH)–C–C–N with tert-alkyl or cyclic N) is 1. The molecular formula is C49H62N10O6S. The number of aliphatic hydroxyl groups excluding tert-OH is 1. The van der Waals surface area contributed by atoms with E-state index in [0.717, 1.165) is 91.6 Å². The molecule has 0 radical (unpaired) electrons. The highest BCUT2D eigenvalue weighted by atomic mass is 32.1. The van der Waals surface area contributed by atoms with Gasteiger partial charge in [-0.15, -0.1) is 21.5 Å². The molecule has 0 unspecified atom stereocenters. The molecule has 9 rings (SSSR count). The summed E-state index contributed by atoms with van der Waals surface area (Å²) < 4.78 is 12.0. The lowest BCUT2D eigenvalue weighted by Crippen LogP contribution is -2.63. The summed E-state index contributed by atoms with van der Waals surface area (Å²) in [5, 5.41) is 41.2. The van der Waals surface area contributed by atoms with Gasteiger partial charge in [0.15, 0.2) is 11.6 Å². The number of aromatic hydroxyl groups is 1. The summed E-state index contributed by atoms with van der Waals surface area (Å²) in [6.45, 7) is 16.4. The predicted molar refractivity (Wildman–Crippen MR) is 254 cm³/mol. The number of para-hydroxylation sites is 1. The van der Waals surface area contributed by atoms with Gasteiger partial charge in [0.25, 0.3) is 5.88 Å². The van der Waals surface area contributed by atoms with Gasteiger partial charge in [0.2, 0.25) is 5.91 Å². The zero-order valence-electron chi connectivity index (χ0n) is 38.5. The molecule has 16 nitrogen and oxygen atoms in total. The average Bonchev–Trinajstić information content (AvgIpc) is 4.08. The molecule has 3 fully saturated rings. The lowest BCUT2D eigenvalue weighted by atomic mass is 9.75. The Labute approximate surface area is 390 Å². The Morgan fingerprint density at radius 1 is 1.06 bits per heavy atom. The number of nitrogens with one attached hydrogen (secondary N) is 2. The number of ether oxygens (including phenoxy) is 1. The SMILES string of the molecule is Cc1ncsc1-c1ccc([C@H](C)NC(=O)[C@@H]2C[C@@H](O)CN2C[C@](C=O)(c2cc(OCCN3CCC(N4CCN5c6cc(-c7ccccc7O)nnc6N[C@@H](C)[C@@H]5C4)CC3)no2)C(C)C)cc1. The van der Waals surface area contributed by atoms with E-state index in [-0.39, 0.29) is 55.2 Å². The number of likely N-dealkylation sites (tertiary alicyclic amines) is 2. The van der Waals surface area contributed by atoms with Gasteiger partial charge >= 0.3 is 0 Å². The molecule has 350 valence electrons. The molecule has 6 atom stereocenters. The first-order chi connectivity index (χ1) is 31.9. The second-order valence-electron chi connectivity index (χ2n) is 18.9. The lowest BCUT2D eigenvalue weighted by molar-refractivity contribution is -0.127. The zero-order chi connectivity index (χ0) is 46.1. The number of piperidine rings is 1. The van der Waals surface area contributed by atoms with Crippen molar-refractivity contribution >= 4 is 35.0 Å². The quantitative estimate of drug-likeness (QED) is 0.0962. The summed E-state index contributed by atoms with van der Waals surface area (Å²) in [6.07, 6.45) is 2.59. The molecule has 0 bridgehead atoms. The number of carbonyl (C=O) groups excluding carboxylic acids is 2. The maximum Gasteiger partial charge on any atom is 0.254 e. The van der Waals surface area contributed by atoms with Crippen molar-refractivity contribution in [2.45, 2.75) is 95.6 Å². The number of amides is 1. The van der Waals surface area contributed by atoms with Crippen LogP contribution in [0.3, 0.4) is 0 Å². The Morgan fingerprint density at radius 2 is 1.85 bits per heavy atom. The summed E-state index contributed by atoms with van der Waals surface area (Å²) in [6, 6.07) is 19.2. The molecule has 3 aromatic heterocycles. The first-order valence-electron chi connectivity index (χ1n) is 23.4. The Morgan fingerprint density at radius 3 is 2.58 bits per heavy atom. The van der Waals surface area contributed by atoms with Gasteiger partial charge in [0.05, 0.1) is 51.7 Å². The minimum atomic E-state index is -1.13. The third-order valence-corrected chi connectivity index (χ3v) is 15.5. The van der Waals surface area contributed by atoms with Crippen LogP contribution >= 0.6 is 11.3 Å². The standard InChI is InChI=1S/C49H62N10O6S/c1-30(2)49(28-60,27-58-25-37(61)22-41(58)48(63)52-31(3)34-10-12-35(13-11-34)46-33(5)50-29-66-46)44-24-45(55-65-44)64-21-20-56-16-14-36(15-17-56)57-18-19-59-40-23-39(38-8-6-7-9-43(38)62)53-54-47(40)51-32(4)42(59)26-57/h6-13,23-24,28-32,36-37,41-42,61-62H,14-22,25-27H2,1-5H3,(H,51,54)(H,52,63)/t31-,32-,37+,41-,42-,49+/m0/s1. The third kappa shape index (κ3) is 9.28. The van der Waals surface area contributed by atoms with Crippen LogP contribution in [0.15, 0.2) is 70.7 Å². The van der Waals surface area contributed by atoms with E-state index in [4.69, 9.17) is 9.26 Å². The summed E-state index contributed by atoms with van der Waals surface area (Å²) in [5.41, 5.74) is 6.13. The first-order valence-corrected chi connectivity index (χ1v) is 24.2. The number of nitrogens with zero attached hydrogens (tertiary/aromatic N) is 8. The summed E-state index contributed by atoms with van der Waals surface area (Å²) >= 11 is 1.60. The minimum Gasteiger partial charge on any atom is -0.507 e. The van der Waals surface area contributed by atoms with Crippen LogP contribution in [-0.4, -0.2) is 147 Å². The molecule has 2 aromatic carbocycles. The van der Waals surface area contributed by atoms with Crippen molar-refractivity contribution in [3.63, 3.8) is 0 Å². The summed E-state index contributed by atoms with van der Waals surface area (Å²) in [4.78, 5) is 41.9. The van der Waals surface area contributed by atoms with Gasteiger partial charge in [0, 0.05) is 63.0 Å². The van der Waals surface area contributed by atoms with Crippen LogP contribution in [0, 0.1) is 12.8 Å². The van der Waals surface area contributed by atoms with E-state index in [0.29, 0.717) is 35.5 Å². The number of aryl methyl sites for hydroxylation is 1. The van der Waals surface area contributed by atoms with Crippen molar-refractivity contribution in [3.8, 4) is 33.3 Å². The average molecular weight is 919 g/mol. The zero-order valence-corrected chi connectivity index (χ0v) is 39.3. The fourth-order valence-electron chi connectivity index (χ4n) is 10.4. The predicted octanol–water partition coefficient (Wildman–Crippen LogP) is 5.52. The van der Waals surface area contributed by atoms with E-state index < -0.39 is 17.6 Å². The number of phenolic OH excluding ortho intramolecular Hbond substituents is 1. The van der Waals surface area contributed by atoms with Crippen molar-refractivity contribution in [3.05, 3.63) is 83.2 Å². The molecule has 0 spiro atoms. The van der Waals surface area contributed by atoms with Crippen LogP contribution in [0.25, 0.3) is 21.7 Å². The smallest absolute Gasteiger partial charge is 0.254 e. The maximum atomic E-state index is 13.8. The topological polar surface area (TPSA) is 186 Å². The molecule has 4 N–H and O–H groups in total. The lowest BCUT2D eigenvalue weighted by Gasteiger charge is -2.51. The molecule has 4 aliphatic rings. The van der Waals surface area contributed by atoms with E-state index in [9.17, 15) is 19.8 Å². The van der Waals surface area contributed by atoms with Crippen LogP contribution < -0.4 is 20.3 Å². The van der Waals surface area contributed by atoms with Crippen molar-refractivity contribution in [1.82, 2.24) is 40.4 Å². The fraction of sp³-hybridized carbons (Fsp3) is 0.510.